The van der Waals surface area contributed by atoms with Gasteiger partial charge in [-0.1, -0.05) is 43.2 Å². The first-order chi connectivity index (χ1) is 21.3. The Bertz CT molecular complexity index is 1540. The summed E-state index contributed by atoms with van der Waals surface area (Å²) in [5.41, 5.74) is -0.716. The number of carbonyl (C=O) groups excluding carboxylic acids is 3. The van der Waals surface area contributed by atoms with Crippen molar-refractivity contribution in [3.63, 3.8) is 0 Å². The van der Waals surface area contributed by atoms with Crippen molar-refractivity contribution in [1.82, 2.24) is 4.90 Å². The Morgan fingerprint density at radius 1 is 0.932 bits per heavy atom. The fourth-order valence-corrected chi connectivity index (χ4v) is 7.61. The summed E-state index contributed by atoms with van der Waals surface area (Å²) in [5.74, 6) is -1.60. The van der Waals surface area contributed by atoms with Crippen LogP contribution in [0, 0.1) is 11.8 Å². The van der Waals surface area contributed by atoms with Crippen LogP contribution in [0.3, 0.4) is 0 Å². The van der Waals surface area contributed by atoms with Crippen molar-refractivity contribution in [1.29, 1.82) is 0 Å². The van der Waals surface area contributed by atoms with Crippen LogP contribution in [-0.2, 0) is 19.1 Å². The standard InChI is InChI=1S/C35H41N3O6/c1-3-43-27-16-14-25(15-17-27)36-31(40)28-29-33(42)38(20-8-4-5-9-21-39)30(35(29)19-18-34(28,2)44-35)32(41)37-26-13-12-23-10-6-7-11-24(23)22-26/h6-7,10-17,22,28-30,39H,3-5,8-9,18-21H2,1-2H3,(H,36,40)(H,37,41)/t28-,29+,30?,34+,35?/m1/s1. The van der Waals surface area contributed by atoms with Crippen molar-refractivity contribution in [3.8, 4) is 5.75 Å². The molecule has 3 aromatic rings. The summed E-state index contributed by atoms with van der Waals surface area (Å²) in [6.07, 6.45) is 4.13. The van der Waals surface area contributed by atoms with Gasteiger partial charge in [-0.05, 0) is 86.7 Å². The zero-order chi connectivity index (χ0) is 30.9. The van der Waals surface area contributed by atoms with Crippen LogP contribution in [0.1, 0.15) is 52.4 Å². The van der Waals surface area contributed by atoms with Gasteiger partial charge in [0.15, 0.2) is 0 Å². The van der Waals surface area contributed by atoms with E-state index >= 15 is 0 Å². The molecule has 9 nitrogen and oxygen atoms in total. The summed E-state index contributed by atoms with van der Waals surface area (Å²) in [5, 5.41) is 17.3. The van der Waals surface area contributed by atoms with Gasteiger partial charge in [0.05, 0.1) is 24.0 Å². The molecule has 5 atom stereocenters. The molecule has 3 amide bonds. The Hall–Kier alpha value is -3.95. The molecule has 2 bridgehead atoms. The highest BCUT2D eigenvalue weighted by Crippen LogP contribution is 2.63. The number of fused-ring (bicyclic) bond motifs is 2. The Morgan fingerprint density at radius 2 is 1.64 bits per heavy atom. The largest absolute Gasteiger partial charge is 0.494 e. The van der Waals surface area contributed by atoms with Crippen LogP contribution in [0.15, 0.2) is 66.7 Å². The highest BCUT2D eigenvalue weighted by atomic mass is 16.5. The average molecular weight is 600 g/mol. The number of nitrogens with zero attached hydrogens (tertiary/aromatic N) is 1. The van der Waals surface area contributed by atoms with Gasteiger partial charge in [-0.3, -0.25) is 14.4 Å². The van der Waals surface area contributed by atoms with E-state index in [0.29, 0.717) is 56.0 Å². The third-order valence-electron chi connectivity index (χ3n) is 9.56. The van der Waals surface area contributed by atoms with Gasteiger partial charge in [0.25, 0.3) is 0 Å². The number of ether oxygens (including phenoxy) is 2. The maximum Gasteiger partial charge on any atom is 0.250 e. The Balaban J connectivity index is 1.28. The number of unbranched alkanes of at least 4 members (excludes halogenated alkanes) is 3. The van der Waals surface area contributed by atoms with E-state index in [-0.39, 0.29) is 24.3 Å². The number of aliphatic hydroxyl groups excluding tert-OH is 1. The zero-order valence-corrected chi connectivity index (χ0v) is 25.4. The van der Waals surface area contributed by atoms with Gasteiger partial charge >= 0.3 is 0 Å². The molecule has 44 heavy (non-hydrogen) atoms. The maximum atomic E-state index is 14.3. The van der Waals surface area contributed by atoms with Crippen LogP contribution >= 0.6 is 0 Å². The highest BCUT2D eigenvalue weighted by Gasteiger charge is 2.77. The lowest BCUT2D eigenvalue weighted by atomic mass is 9.66. The van der Waals surface area contributed by atoms with E-state index in [1.807, 2.05) is 56.3 Å². The molecule has 3 N–H and O–H groups in total. The molecule has 6 rings (SSSR count). The van der Waals surface area contributed by atoms with Crippen molar-refractivity contribution >= 4 is 39.9 Å². The van der Waals surface area contributed by atoms with Crippen LogP contribution in [-0.4, -0.2) is 64.7 Å². The molecule has 0 aliphatic carbocycles. The normalized spacial score (nSPS) is 27.0. The van der Waals surface area contributed by atoms with Crippen molar-refractivity contribution in [2.24, 2.45) is 11.8 Å². The minimum atomic E-state index is -1.10. The molecule has 0 saturated carbocycles. The minimum absolute atomic E-state index is 0.127. The molecule has 3 aliphatic rings. The molecule has 3 aromatic carbocycles. The number of rotatable bonds is 12. The van der Waals surface area contributed by atoms with Crippen molar-refractivity contribution in [2.75, 3.05) is 30.4 Å². The molecule has 3 aliphatic heterocycles. The summed E-state index contributed by atoms with van der Waals surface area (Å²) in [4.78, 5) is 44.1. The summed E-state index contributed by atoms with van der Waals surface area (Å²) < 4.78 is 12.3. The van der Waals surface area contributed by atoms with Crippen molar-refractivity contribution in [3.05, 3.63) is 66.7 Å². The van der Waals surface area contributed by atoms with Gasteiger partial charge in [-0.25, -0.2) is 0 Å². The molecular weight excluding hydrogens is 558 g/mol. The van der Waals surface area contributed by atoms with Gasteiger partial charge in [-0.15, -0.1) is 0 Å². The predicted octanol–water partition coefficient (Wildman–Crippen LogP) is 5.13. The predicted molar refractivity (Wildman–Crippen MR) is 168 cm³/mol. The number of carbonyl (C=O) groups is 3. The van der Waals surface area contributed by atoms with Gasteiger partial charge in [0.2, 0.25) is 17.7 Å². The summed E-state index contributed by atoms with van der Waals surface area (Å²) in [6, 6.07) is 20.0. The number of hydrogen-bond acceptors (Lipinski definition) is 6. The molecular formula is C35H41N3O6. The van der Waals surface area contributed by atoms with E-state index < -0.39 is 29.1 Å². The summed E-state index contributed by atoms with van der Waals surface area (Å²) in [6.45, 7) is 4.86. The van der Waals surface area contributed by atoms with Crippen LogP contribution in [0.4, 0.5) is 11.4 Å². The molecule has 3 heterocycles. The molecule has 0 aromatic heterocycles. The Labute approximate surface area is 257 Å². The number of aliphatic hydroxyl groups is 1. The van der Waals surface area contributed by atoms with Gasteiger partial charge < -0.3 is 30.1 Å². The van der Waals surface area contributed by atoms with Gasteiger partial charge in [-0.2, -0.15) is 0 Å². The fourth-order valence-electron chi connectivity index (χ4n) is 7.61. The maximum absolute atomic E-state index is 14.3. The van der Waals surface area contributed by atoms with E-state index in [9.17, 15) is 19.5 Å². The third-order valence-corrected chi connectivity index (χ3v) is 9.56. The molecule has 3 fully saturated rings. The average Bonchev–Trinajstić information content (AvgIpc) is 3.58. The smallest absolute Gasteiger partial charge is 0.250 e. The second-order valence-electron chi connectivity index (χ2n) is 12.4. The minimum Gasteiger partial charge on any atom is -0.494 e. The third kappa shape index (κ3) is 5.32. The van der Waals surface area contributed by atoms with Crippen LogP contribution in [0.2, 0.25) is 0 Å². The van der Waals surface area contributed by atoms with Gasteiger partial charge in [0, 0.05) is 24.5 Å². The number of nitrogens with one attached hydrogen (secondary N) is 2. The number of hydrogen-bond donors (Lipinski definition) is 3. The van der Waals surface area contributed by atoms with E-state index in [1.54, 1.807) is 29.2 Å². The van der Waals surface area contributed by atoms with E-state index in [1.165, 1.54) is 0 Å². The van der Waals surface area contributed by atoms with E-state index in [4.69, 9.17) is 9.47 Å². The number of likely N-dealkylation sites (tertiary alicyclic amines) is 1. The fraction of sp³-hybridized carbons (Fsp3) is 0.457. The van der Waals surface area contributed by atoms with E-state index in [2.05, 4.69) is 10.6 Å². The highest BCUT2D eigenvalue weighted by molar-refractivity contribution is 6.05. The lowest BCUT2D eigenvalue weighted by Gasteiger charge is -2.33. The van der Waals surface area contributed by atoms with Crippen molar-refractivity contribution < 1.29 is 29.0 Å². The Kier molecular flexibility index (Phi) is 8.35. The summed E-state index contributed by atoms with van der Waals surface area (Å²) >= 11 is 0. The topological polar surface area (TPSA) is 117 Å². The SMILES string of the molecule is CCOc1ccc(NC(=O)[C@H]2[C@H]3C(=O)N(CCCCCCO)C(C(=O)Nc4ccc5ccccc5c4)C34CC[C@]2(C)O4)cc1. The molecule has 2 unspecified atom stereocenters. The van der Waals surface area contributed by atoms with Crippen LogP contribution in [0.5, 0.6) is 5.75 Å². The van der Waals surface area contributed by atoms with E-state index in [0.717, 1.165) is 23.6 Å². The van der Waals surface area contributed by atoms with Crippen LogP contribution < -0.4 is 15.4 Å². The lowest BCUT2D eigenvalue weighted by molar-refractivity contribution is -0.143. The molecule has 9 heteroatoms. The number of anilines is 2. The number of benzene rings is 3. The molecule has 3 saturated heterocycles. The zero-order valence-electron chi connectivity index (χ0n) is 25.4. The monoisotopic (exact) mass is 599 g/mol. The molecule has 232 valence electrons. The first-order valence-electron chi connectivity index (χ1n) is 15.7. The first kappa shape index (κ1) is 30.1. The van der Waals surface area contributed by atoms with Crippen molar-refractivity contribution in [2.45, 2.75) is 69.6 Å². The number of amides is 3. The molecule has 0 radical (unpaired) electrons. The van der Waals surface area contributed by atoms with Gasteiger partial charge in [0.1, 0.15) is 17.4 Å². The first-order valence-corrected chi connectivity index (χ1v) is 15.7. The Morgan fingerprint density at radius 3 is 2.39 bits per heavy atom. The quantitative estimate of drug-likeness (QED) is 0.249. The second-order valence-corrected chi connectivity index (χ2v) is 12.4. The molecule has 1 spiro atoms. The summed E-state index contributed by atoms with van der Waals surface area (Å²) in [7, 11) is 0. The lowest BCUT2D eigenvalue weighted by Crippen LogP contribution is -2.53. The van der Waals surface area contributed by atoms with Crippen LogP contribution in [0.25, 0.3) is 10.8 Å². The second kappa shape index (κ2) is 12.2.